The molecule has 1 aromatic heterocycles. The highest BCUT2D eigenvalue weighted by atomic mass is 16.6. The van der Waals surface area contributed by atoms with E-state index in [-0.39, 0.29) is 44.1 Å². The summed E-state index contributed by atoms with van der Waals surface area (Å²) in [4.78, 5) is 92.6. The second-order valence-corrected chi connectivity index (χ2v) is 22.5. The van der Waals surface area contributed by atoms with Crippen molar-refractivity contribution < 1.29 is 47.8 Å². The van der Waals surface area contributed by atoms with Crippen LogP contribution in [0, 0.1) is 11.3 Å². The molecule has 0 bridgehead atoms. The van der Waals surface area contributed by atoms with Crippen molar-refractivity contribution in [3.05, 3.63) is 30.5 Å². The molecule has 0 aliphatic rings. The molecule has 0 aliphatic carbocycles. The van der Waals surface area contributed by atoms with Crippen LogP contribution in [0.15, 0.2) is 30.5 Å². The highest BCUT2D eigenvalue weighted by Gasteiger charge is 2.33. The molecule has 18 heteroatoms. The molecule has 1 heterocycles. The fourth-order valence-corrected chi connectivity index (χ4v) is 7.56. The van der Waals surface area contributed by atoms with Gasteiger partial charge in [0.15, 0.2) is 5.78 Å². The van der Waals surface area contributed by atoms with E-state index in [1.165, 1.54) is 10.9 Å². The number of carbonyl (C=O) groups excluding carboxylic acids is 7. The highest BCUT2D eigenvalue weighted by Crippen LogP contribution is 2.26. The minimum absolute atomic E-state index is 0.0238. The molecule has 400 valence electrons. The first-order chi connectivity index (χ1) is 33.0. The molecule has 0 radical (unpaired) electrons. The molecule has 0 saturated heterocycles. The quantitative estimate of drug-likeness (QED) is 0.0305. The summed E-state index contributed by atoms with van der Waals surface area (Å²) >= 11 is 0. The van der Waals surface area contributed by atoms with E-state index >= 15 is 0 Å². The van der Waals surface area contributed by atoms with E-state index in [0.717, 1.165) is 38.5 Å². The van der Waals surface area contributed by atoms with Crippen LogP contribution in [-0.4, -0.2) is 98.1 Å². The Labute approximate surface area is 423 Å². The Morgan fingerprint density at radius 1 is 0.648 bits per heavy atom. The number of aromatic nitrogens is 3. The molecule has 18 nitrogen and oxygen atoms in total. The minimum Gasteiger partial charge on any atom is -0.460 e. The number of benzene rings is 1. The smallest absolute Gasteiger partial charge is 0.329 e. The Hall–Kier alpha value is -5.55. The Morgan fingerprint density at radius 2 is 1.24 bits per heavy atom. The number of ketones is 1. The van der Waals surface area contributed by atoms with E-state index in [4.69, 9.17) is 14.2 Å². The Kier molecular flexibility index (Phi) is 25.2. The monoisotopic (exact) mass is 997 g/mol. The molecule has 0 aliphatic heterocycles. The fourth-order valence-electron chi connectivity index (χ4n) is 7.56. The molecular weight excluding hydrogens is 909 g/mol. The summed E-state index contributed by atoms with van der Waals surface area (Å²) in [6.07, 6.45) is 9.35. The van der Waals surface area contributed by atoms with Gasteiger partial charge in [0.2, 0.25) is 5.91 Å². The summed E-state index contributed by atoms with van der Waals surface area (Å²) in [5, 5.41) is 22.5. The maximum absolute atomic E-state index is 13.8. The average molecular weight is 997 g/mol. The summed E-state index contributed by atoms with van der Waals surface area (Å²) in [6, 6.07) is 3.80. The second kappa shape index (κ2) is 29.1. The molecular formula is C53H88N8O10. The van der Waals surface area contributed by atoms with Crippen LogP contribution >= 0.6 is 0 Å². The number of hydrogen-bond acceptors (Lipinski definition) is 12. The van der Waals surface area contributed by atoms with Gasteiger partial charge in [-0.05, 0) is 118 Å². The number of hydrogen-bond donors (Lipinski definition) is 5. The minimum atomic E-state index is -0.968. The lowest BCUT2D eigenvalue weighted by atomic mass is 9.84. The molecule has 0 spiro atoms. The molecule has 5 N–H and O–H groups in total. The molecule has 1 aromatic carbocycles. The van der Waals surface area contributed by atoms with Gasteiger partial charge >= 0.3 is 30.0 Å². The van der Waals surface area contributed by atoms with Crippen LogP contribution in [0.1, 0.15) is 187 Å². The van der Waals surface area contributed by atoms with Gasteiger partial charge in [-0.1, -0.05) is 90.5 Å². The number of amides is 5. The SMILES string of the molecule is CCCCC[C@H](CC(=O)[C@H](CCCCC)NC(=O)Cn1nncc1-c1cccc(NC(=O)NCCCC[C@H](NC(=O)N[C@@H](CCC(=O)OC(C)(C)C)C(C)(C)C)C(=O)OC(C)(C)C)c1)C(=O)OC(C)(C)C. The third-order valence-electron chi connectivity index (χ3n) is 11.1. The zero-order chi connectivity index (χ0) is 53.6. The van der Waals surface area contributed by atoms with Gasteiger partial charge in [-0.3, -0.25) is 19.2 Å². The zero-order valence-corrected chi connectivity index (χ0v) is 45.4. The van der Waals surface area contributed by atoms with Crippen molar-refractivity contribution in [3.63, 3.8) is 0 Å². The lowest BCUT2D eigenvalue weighted by molar-refractivity contribution is -0.161. The van der Waals surface area contributed by atoms with Crippen LogP contribution in [0.25, 0.3) is 11.3 Å². The number of nitrogens with zero attached hydrogens (tertiary/aromatic N) is 3. The van der Waals surface area contributed by atoms with Gasteiger partial charge in [0.1, 0.15) is 29.4 Å². The topological polar surface area (TPSA) is 238 Å². The first kappa shape index (κ1) is 61.6. The second-order valence-electron chi connectivity index (χ2n) is 22.5. The number of nitrogens with one attached hydrogen (secondary N) is 5. The maximum atomic E-state index is 13.8. The Balaban J connectivity index is 2.05. The molecule has 2 aromatic rings. The van der Waals surface area contributed by atoms with Crippen molar-refractivity contribution >= 4 is 47.3 Å². The predicted octanol–water partition coefficient (Wildman–Crippen LogP) is 9.35. The number of unbranched alkanes of at least 4 members (excludes halogenated alkanes) is 5. The van der Waals surface area contributed by atoms with E-state index in [2.05, 4.69) is 50.7 Å². The number of rotatable bonds is 28. The number of ether oxygens (including phenoxy) is 3. The van der Waals surface area contributed by atoms with E-state index in [9.17, 15) is 33.6 Å². The van der Waals surface area contributed by atoms with Gasteiger partial charge in [-0.15, -0.1) is 5.10 Å². The lowest BCUT2D eigenvalue weighted by Crippen LogP contribution is -2.53. The van der Waals surface area contributed by atoms with Crippen molar-refractivity contribution in [2.45, 2.75) is 228 Å². The van der Waals surface area contributed by atoms with Crippen molar-refractivity contribution in [2.75, 3.05) is 11.9 Å². The average Bonchev–Trinajstić information content (AvgIpc) is 3.69. The molecule has 71 heavy (non-hydrogen) atoms. The fraction of sp³-hybridized carbons (Fsp3) is 0.717. The molecule has 5 amide bonds. The van der Waals surface area contributed by atoms with Gasteiger partial charge in [-0.25, -0.2) is 19.1 Å². The molecule has 2 rings (SSSR count). The van der Waals surface area contributed by atoms with Crippen LogP contribution in [0.4, 0.5) is 15.3 Å². The van der Waals surface area contributed by atoms with Crippen LogP contribution in [0.3, 0.4) is 0 Å². The maximum Gasteiger partial charge on any atom is 0.329 e. The van der Waals surface area contributed by atoms with Crippen LogP contribution in [0.2, 0.25) is 0 Å². The van der Waals surface area contributed by atoms with Gasteiger partial charge in [0, 0.05) is 36.7 Å². The highest BCUT2D eigenvalue weighted by molar-refractivity contribution is 5.92. The summed E-state index contributed by atoms with van der Waals surface area (Å²) in [5.74, 6) is -2.60. The predicted molar refractivity (Wildman–Crippen MR) is 275 cm³/mol. The number of anilines is 1. The summed E-state index contributed by atoms with van der Waals surface area (Å²) in [5.41, 5.74) is -0.906. The normalized spacial score (nSPS) is 13.7. The van der Waals surface area contributed by atoms with E-state index in [1.54, 1.807) is 86.6 Å². The van der Waals surface area contributed by atoms with Crippen LogP contribution < -0.4 is 26.6 Å². The molecule has 0 unspecified atom stereocenters. The van der Waals surface area contributed by atoms with Crippen molar-refractivity contribution in [1.29, 1.82) is 0 Å². The van der Waals surface area contributed by atoms with Gasteiger partial charge in [0.25, 0.3) is 0 Å². The van der Waals surface area contributed by atoms with Crippen molar-refractivity contribution in [2.24, 2.45) is 11.3 Å². The molecule has 0 saturated carbocycles. The van der Waals surface area contributed by atoms with Crippen LogP contribution in [-0.2, 0) is 44.7 Å². The van der Waals surface area contributed by atoms with E-state index < -0.39 is 76.2 Å². The largest absolute Gasteiger partial charge is 0.460 e. The van der Waals surface area contributed by atoms with Crippen molar-refractivity contribution in [1.82, 2.24) is 36.3 Å². The van der Waals surface area contributed by atoms with E-state index in [0.29, 0.717) is 49.0 Å². The molecule has 0 fully saturated rings. The zero-order valence-electron chi connectivity index (χ0n) is 45.4. The van der Waals surface area contributed by atoms with Gasteiger partial charge in [0.05, 0.1) is 23.9 Å². The third-order valence-corrected chi connectivity index (χ3v) is 11.1. The van der Waals surface area contributed by atoms with E-state index in [1.807, 2.05) is 20.8 Å². The first-order valence-corrected chi connectivity index (χ1v) is 25.6. The lowest BCUT2D eigenvalue weighted by Gasteiger charge is -2.32. The number of esters is 3. The summed E-state index contributed by atoms with van der Waals surface area (Å²) < 4.78 is 18.2. The van der Waals surface area contributed by atoms with Crippen LogP contribution in [0.5, 0.6) is 0 Å². The number of urea groups is 2. The standard InChI is InChI=1S/C53H88N8O10/c1-15-17-19-24-37(46(65)70-52(9,10)11)33-42(62)39(27-20-18-16-2)57-44(63)35-61-41(34-55-60-61)36-25-23-26-38(32-36)56-48(67)54-31-22-21-28-40(47(66)71-53(12,13)14)58-49(68)59-43(50(3,4)5)29-30-45(64)69-51(6,7)8/h23,25-26,32,34,37,39-40,43H,15-22,24,27-31,33,35H2,1-14H3,(H,57,63)(H2,54,56,67)(H2,58,59,68)/t37-,39+,40+,43+/m1/s1. The number of Topliss-reactive ketones (excluding diaryl/α,β-unsaturated/α-hetero) is 1. The number of carbonyl (C=O) groups is 7. The Morgan fingerprint density at radius 3 is 1.85 bits per heavy atom. The Bertz CT molecular complexity index is 2030. The van der Waals surface area contributed by atoms with Gasteiger partial charge < -0.3 is 40.8 Å². The van der Waals surface area contributed by atoms with Gasteiger partial charge in [-0.2, -0.15) is 0 Å². The summed E-state index contributed by atoms with van der Waals surface area (Å²) in [7, 11) is 0. The third kappa shape index (κ3) is 25.9. The first-order valence-electron chi connectivity index (χ1n) is 25.6. The van der Waals surface area contributed by atoms with Crippen molar-refractivity contribution in [3.8, 4) is 11.3 Å². The summed E-state index contributed by atoms with van der Waals surface area (Å²) in [6.45, 7) is 26.1. The molecule has 4 atom stereocenters.